The van der Waals surface area contributed by atoms with E-state index in [1.165, 1.54) is 18.2 Å². The molecule has 1 amide bonds. The van der Waals surface area contributed by atoms with Crippen LogP contribution in [0.1, 0.15) is 13.8 Å². The first-order valence-corrected chi connectivity index (χ1v) is 6.84. The number of halogens is 2. The molecule has 1 aliphatic heterocycles. The van der Waals surface area contributed by atoms with Crippen molar-refractivity contribution in [3.05, 3.63) is 29.0 Å². The van der Waals surface area contributed by atoms with Crippen LogP contribution in [0.2, 0.25) is 5.02 Å². The maximum absolute atomic E-state index is 13.0. The number of carbonyl (C=O) groups excluding carboxylic acids is 1. The van der Waals surface area contributed by atoms with Crippen molar-refractivity contribution in [2.45, 2.75) is 26.1 Å². The van der Waals surface area contributed by atoms with Gasteiger partial charge in [0, 0.05) is 19.2 Å². The number of rotatable bonds is 3. The Morgan fingerprint density at radius 3 is 2.70 bits per heavy atom. The summed E-state index contributed by atoms with van der Waals surface area (Å²) in [6, 6.07) is 4.01. The summed E-state index contributed by atoms with van der Waals surface area (Å²) in [7, 11) is 0. The second kappa shape index (κ2) is 6.41. The van der Waals surface area contributed by atoms with Gasteiger partial charge in [0.05, 0.1) is 17.2 Å². The molecule has 0 unspecified atom stereocenters. The molecule has 110 valence electrons. The van der Waals surface area contributed by atoms with E-state index in [9.17, 15) is 9.18 Å². The van der Waals surface area contributed by atoms with E-state index in [0.717, 1.165) is 0 Å². The molecular weight excluding hydrogens is 285 g/mol. The van der Waals surface area contributed by atoms with Crippen molar-refractivity contribution in [1.29, 1.82) is 0 Å². The average Bonchev–Trinajstić information content (AvgIpc) is 2.38. The largest absolute Gasteiger partial charge is 0.484 e. The summed E-state index contributed by atoms with van der Waals surface area (Å²) >= 11 is 5.65. The normalized spacial score (nSPS) is 22.7. The lowest BCUT2D eigenvalue weighted by molar-refractivity contribution is -0.145. The molecule has 20 heavy (non-hydrogen) atoms. The van der Waals surface area contributed by atoms with Gasteiger partial charge in [-0.3, -0.25) is 4.79 Å². The minimum atomic E-state index is -0.513. The summed E-state index contributed by atoms with van der Waals surface area (Å²) in [6.45, 7) is 4.86. The van der Waals surface area contributed by atoms with Crippen LogP contribution in [-0.4, -0.2) is 42.7 Å². The van der Waals surface area contributed by atoms with Gasteiger partial charge in [0.2, 0.25) is 0 Å². The van der Waals surface area contributed by atoms with Gasteiger partial charge in [-0.15, -0.1) is 0 Å². The fourth-order valence-corrected chi connectivity index (χ4v) is 2.36. The molecule has 0 N–H and O–H groups in total. The van der Waals surface area contributed by atoms with Crippen molar-refractivity contribution in [2.24, 2.45) is 0 Å². The zero-order valence-corrected chi connectivity index (χ0v) is 12.2. The van der Waals surface area contributed by atoms with E-state index in [1.54, 1.807) is 4.90 Å². The second-order valence-electron chi connectivity index (χ2n) is 4.92. The minimum absolute atomic E-state index is 0.0166. The van der Waals surface area contributed by atoms with Crippen molar-refractivity contribution in [2.75, 3.05) is 19.7 Å². The van der Waals surface area contributed by atoms with Crippen molar-refractivity contribution in [3.63, 3.8) is 0 Å². The van der Waals surface area contributed by atoms with E-state index < -0.39 is 5.82 Å². The standard InChI is InChI=1S/C14H17ClFNO3/c1-9-6-17(7-10(2)20-9)14(18)8-19-11-3-4-13(16)12(15)5-11/h3-5,9-10H,6-8H2,1-2H3/t9-,10-/m1/s1. The fourth-order valence-electron chi connectivity index (χ4n) is 2.18. The summed E-state index contributed by atoms with van der Waals surface area (Å²) in [5.41, 5.74) is 0. The molecule has 1 saturated heterocycles. The van der Waals surface area contributed by atoms with Crippen LogP contribution in [0, 0.1) is 5.82 Å². The molecule has 1 heterocycles. The Balaban J connectivity index is 1.89. The number of ether oxygens (including phenoxy) is 2. The van der Waals surface area contributed by atoms with E-state index >= 15 is 0 Å². The lowest BCUT2D eigenvalue weighted by Gasteiger charge is -2.35. The quantitative estimate of drug-likeness (QED) is 0.861. The maximum Gasteiger partial charge on any atom is 0.260 e. The first-order chi connectivity index (χ1) is 9.45. The maximum atomic E-state index is 13.0. The third-order valence-corrected chi connectivity index (χ3v) is 3.32. The molecular formula is C14H17ClFNO3. The SMILES string of the molecule is C[C@@H]1CN(C(=O)COc2ccc(F)c(Cl)c2)C[C@@H](C)O1. The Labute approximate surface area is 122 Å². The summed E-state index contributed by atoms with van der Waals surface area (Å²) in [6.07, 6.45) is 0.0333. The summed E-state index contributed by atoms with van der Waals surface area (Å²) < 4.78 is 23.9. The van der Waals surface area contributed by atoms with Crippen molar-refractivity contribution < 1.29 is 18.7 Å². The van der Waals surface area contributed by atoms with Crippen LogP contribution in [0.4, 0.5) is 4.39 Å². The molecule has 0 spiro atoms. The number of nitrogens with zero attached hydrogens (tertiary/aromatic N) is 1. The highest BCUT2D eigenvalue weighted by molar-refractivity contribution is 6.30. The van der Waals surface area contributed by atoms with Gasteiger partial charge in [0.25, 0.3) is 5.91 Å². The second-order valence-corrected chi connectivity index (χ2v) is 5.33. The smallest absolute Gasteiger partial charge is 0.260 e. The van der Waals surface area contributed by atoms with Gasteiger partial charge in [-0.05, 0) is 26.0 Å². The van der Waals surface area contributed by atoms with E-state index in [-0.39, 0.29) is 29.7 Å². The molecule has 1 aromatic rings. The van der Waals surface area contributed by atoms with Crippen LogP contribution in [-0.2, 0) is 9.53 Å². The molecule has 0 bridgehead atoms. The Morgan fingerprint density at radius 1 is 1.45 bits per heavy atom. The fraction of sp³-hybridized carbons (Fsp3) is 0.500. The number of benzene rings is 1. The molecule has 1 aliphatic rings. The van der Waals surface area contributed by atoms with Gasteiger partial charge in [-0.2, -0.15) is 0 Å². The predicted molar refractivity (Wildman–Crippen MR) is 73.5 cm³/mol. The van der Waals surface area contributed by atoms with Crippen LogP contribution in [0.25, 0.3) is 0 Å². The molecule has 2 atom stereocenters. The summed E-state index contributed by atoms with van der Waals surface area (Å²) in [4.78, 5) is 13.8. The van der Waals surface area contributed by atoms with E-state index in [0.29, 0.717) is 18.8 Å². The van der Waals surface area contributed by atoms with Crippen LogP contribution < -0.4 is 4.74 Å². The monoisotopic (exact) mass is 301 g/mol. The van der Waals surface area contributed by atoms with Gasteiger partial charge in [0.1, 0.15) is 11.6 Å². The van der Waals surface area contributed by atoms with Crippen LogP contribution in [0.5, 0.6) is 5.75 Å². The number of morpholine rings is 1. The van der Waals surface area contributed by atoms with E-state index in [1.807, 2.05) is 13.8 Å². The molecule has 1 aromatic carbocycles. The van der Waals surface area contributed by atoms with Crippen molar-refractivity contribution >= 4 is 17.5 Å². The highest BCUT2D eigenvalue weighted by Crippen LogP contribution is 2.21. The van der Waals surface area contributed by atoms with E-state index in [4.69, 9.17) is 21.1 Å². The predicted octanol–water partition coefficient (Wildman–Crippen LogP) is 2.49. The van der Waals surface area contributed by atoms with Gasteiger partial charge in [0.15, 0.2) is 6.61 Å². The lowest BCUT2D eigenvalue weighted by Crippen LogP contribution is -2.49. The topological polar surface area (TPSA) is 38.8 Å². The van der Waals surface area contributed by atoms with Crippen molar-refractivity contribution in [1.82, 2.24) is 4.90 Å². The van der Waals surface area contributed by atoms with Crippen molar-refractivity contribution in [3.8, 4) is 5.75 Å². The first kappa shape index (κ1) is 15.1. The number of carbonyl (C=O) groups is 1. The highest BCUT2D eigenvalue weighted by atomic mass is 35.5. The molecule has 0 aromatic heterocycles. The molecule has 0 aliphatic carbocycles. The zero-order valence-electron chi connectivity index (χ0n) is 11.4. The summed E-state index contributed by atoms with van der Waals surface area (Å²) in [5, 5.41) is -0.0245. The van der Waals surface area contributed by atoms with Crippen LogP contribution >= 0.6 is 11.6 Å². The Kier molecular flexibility index (Phi) is 4.83. The molecule has 4 nitrogen and oxygen atoms in total. The molecule has 6 heteroatoms. The number of hydrogen-bond donors (Lipinski definition) is 0. The Bertz CT molecular complexity index is 487. The Morgan fingerprint density at radius 2 is 2.10 bits per heavy atom. The average molecular weight is 302 g/mol. The molecule has 0 saturated carbocycles. The first-order valence-electron chi connectivity index (χ1n) is 6.47. The van der Waals surface area contributed by atoms with Crippen LogP contribution in [0.15, 0.2) is 18.2 Å². The van der Waals surface area contributed by atoms with Crippen LogP contribution in [0.3, 0.4) is 0 Å². The van der Waals surface area contributed by atoms with Gasteiger partial charge < -0.3 is 14.4 Å². The third kappa shape index (κ3) is 3.84. The van der Waals surface area contributed by atoms with E-state index in [2.05, 4.69) is 0 Å². The molecule has 2 rings (SSSR count). The van der Waals surface area contributed by atoms with Gasteiger partial charge in [-0.25, -0.2) is 4.39 Å². The molecule has 0 radical (unpaired) electrons. The molecule has 1 fully saturated rings. The highest BCUT2D eigenvalue weighted by Gasteiger charge is 2.25. The van der Waals surface area contributed by atoms with Gasteiger partial charge in [-0.1, -0.05) is 11.6 Å². The lowest BCUT2D eigenvalue weighted by atomic mass is 10.2. The zero-order chi connectivity index (χ0) is 14.7. The third-order valence-electron chi connectivity index (χ3n) is 3.03. The minimum Gasteiger partial charge on any atom is -0.484 e. The Hall–Kier alpha value is -1.33. The number of hydrogen-bond acceptors (Lipinski definition) is 3. The number of amides is 1. The summed E-state index contributed by atoms with van der Waals surface area (Å²) in [5.74, 6) is -0.257. The van der Waals surface area contributed by atoms with Gasteiger partial charge >= 0.3 is 0 Å².